The first-order chi connectivity index (χ1) is 14.0. The highest BCUT2D eigenvalue weighted by atomic mass is 32.2. The number of rotatable bonds is 6. The zero-order valence-corrected chi connectivity index (χ0v) is 16.3. The SMILES string of the molecule is O=C(Cc1ccccc1)N[C@@H]1C(=O)N2C=C(C[n+]3ccc(C(=O)O)cc3)CS[C@@H]12. The van der Waals surface area contributed by atoms with Gasteiger partial charge in [0.25, 0.3) is 5.91 Å². The van der Waals surface area contributed by atoms with E-state index >= 15 is 0 Å². The molecule has 2 amide bonds. The lowest BCUT2D eigenvalue weighted by Crippen LogP contribution is -2.68. The second-order valence-electron chi connectivity index (χ2n) is 7.01. The summed E-state index contributed by atoms with van der Waals surface area (Å²) in [4.78, 5) is 37.4. The van der Waals surface area contributed by atoms with Crippen LogP contribution in [0.5, 0.6) is 0 Å². The van der Waals surface area contributed by atoms with E-state index in [2.05, 4.69) is 5.32 Å². The number of carbonyl (C=O) groups is 3. The number of aromatic nitrogens is 1. The lowest BCUT2D eigenvalue weighted by atomic mass is 10.1. The van der Waals surface area contributed by atoms with Crippen molar-refractivity contribution in [3.63, 3.8) is 0 Å². The predicted molar refractivity (Wildman–Crippen MR) is 107 cm³/mol. The molecule has 8 heteroatoms. The van der Waals surface area contributed by atoms with Gasteiger partial charge in [0.15, 0.2) is 18.9 Å². The Morgan fingerprint density at radius 3 is 2.59 bits per heavy atom. The first-order valence-electron chi connectivity index (χ1n) is 9.20. The summed E-state index contributed by atoms with van der Waals surface area (Å²) in [7, 11) is 0. The summed E-state index contributed by atoms with van der Waals surface area (Å²) in [5.74, 6) is -0.474. The fourth-order valence-electron chi connectivity index (χ4n) is 3.39. The van der Waals surface area contributed by atoms with Crippen LogP contribution in [0.2, 0.25) is 0 Å². The minimum absolute atomic E-state index is 0.0784. The van der Waals surface area contributed by atoms with Gasteiger partial charge in [-0.25, -0.2) is 9.36 Å². The minimum atomic E-state index is -0.959. The molecule has 148 valence electrons. The van der Waals surface area contributed by atoms with Gasteiger partial charge in [-0.15, -0.1) is 11.8 Å². The van der Waals surface area contributed by atoms with Crippen LogP contribution in [-0.2, 0) is 22.6 Å². The van der Waals surface area contributed by atoms with E-state index in [1.165, 1.54) is 0 Å². The summed E-state index contributed by atoms with van der Waals surface area (Å²) in [6, 6.07) is 12.1. The molecular weight excluding hydrogens is 390 g/mol. The maximum Gasteiger partial charge on any atom is 0.336 e. The lowest BCUT2D eigenvalue weighted by Gasteiger charge is -2.47. The quantitative estimate of drug-likeness (QED) is 0.552. The second kappa shape index (κ2) is 8.08. The number of β-lactam (4-membered cyclic amide) rings is 1. The molecule has 1 aromatic carbocycles. The van der Waals surface area contributed by atoms with Crippen LogP contribution in [0.4, 0.5) is 0 Å². The van der Waals surface area contributed by atoms with Gasteiger partial charge >= 0.3 is 5.97 Å². The zero-order valence-electron chi connectivity index (χ0n) is 15.5. The van der Waals surface area contributed by atoms with Gasteiger partial charge in [-0.2, -0.15) is 0 Å². The monoisotopic (exact) mass is 410 g/mol. The number of carboxylic acid groups (broad SMARTS) is 1. The van der Waals surface area contributed by atoms with Gasteiger partial charge < -0.3 is 15.3 Å². The number of hydrogen-bond donors (Lipinski definition) is 2. The van der Waals surface area contributed by atoms with Gasteiger partial charge in [0, 0.05) is 29.7 Å². The summed E-state index contributed by atoms with van der Waals surface area (Å²) in [6.07, 6.45) is 5.53. The van der Waals surface area contributed by atoms with Crippen molar-refractivity contribution in [1.29, 1.82) is 0 Å². The third-order valence-corrected chi connectivity index (χ3v) is 6.27. The smallest absolute Gasteiger partial charge is 0.336 e. The number of hydrogen-bond acceptors (Lipinski definition) is 4. The van der Waals surface area contributed by atoms with Crippen molar-refractivity contribution in [3.05, 3.63) is 77.8 Å². The van der Waals surface area contributed by atoms with E-state index in [1.807, 2.05) is 41.1 Å². The van der Waals surface area contributed by atoms with Crippen LogP contribution >= 0.6 is 11.8 Å². The molecule has 1 saturated heterocycles. The third kappa shape index (κ3) is 4.17. The van der Waals surface area contributed by atoms with E-state index in [-0.39, 0.29) is 29.2 Å². The number of carboxylic acids is 1. The Kier molecular flexibility index (Phi) is 5.35. The molecule has 0 aliphatic carbocycles. The van der Waals surface area contributed by atoms with Crippen LogP contribution in [0.15, 0.2) is 66.6 Å². The van der Waals surface area contributed by atoms with E-state index in [1.54, 1.807) is 41.2 Å². The fourth-order valence-corrected chi connectivity index (χ4v) is 4.64. The highest BCUT2D eigenvalue weighted by Gasteiger charge is 2.49. The van der Waals surface area contributed by atoms with Crippen molar-refractivity contribution < 1.29 is 24.1 Å². The molecule has 2 aliphatic rings. The summed E-state index contributed by atoms with van der Waals surface area (Å²) < 4.78 is 1.88. The van der Waals surface area contributed by atoms with E-state index in [0.29, 0.717) is 6.54 Å². The van der Waals surface area contributed by atoms with Crippen LogP contribution in [0, 0.1) is 0 Å². The average molecular weight is 410 g/mol. The van der Waals surface area contributed by atoms with Crippen LogP contribution in [-0.4, -0.2) is 45.0 Å². The topological polar surface area (TPSA) is 90.6 Å². The van der Waals surface area contributed by atoms with E-state index in [9.17, 15) is 14.4 Å². The van der Waals surface area contributed by atoms with Gasteiger partial charge in [0.1, 0.15) is 11.4 Å². The van der Waals surface area contributed by atoms with E-state index in [0.717, 1.165) is 16.9 Å². The molecule has 2 aromatic rings. The second-order valence-corrected chi connectivity index (χ2v) is 8.11. The molecule has 1 fully saturated rings. The molecule has 29 heavy (non-hydrogen) atoms. The summed E-state index contributed by atoms with van der Waals surface area (Å²) in [6.45, 7) is 0.578. The molecule has 0 radical (unpaired) electrons. The molecule has 2 N–H and O–H groups in total. The molecule has 3 heterocycles. The molecule has 2 atom stereocenters. The van der Waals surface area contributed by atoms with Crippen LogP contribution in [0.1, 0.15) is 15.9 Å². The molecule has 0 saturated carbocycles. The first-order valence-corrected chi connectivity index (χ1v) is 10.3. The Bertz CT molecular complexity index is 975. The van der Waals surface area contributed by atoms with Crippen molar-refractivity contribution >= 4 is 29.5 Å². The molecule has 0 spiro atoms. The number of carbonyl (C=O) groups excluding carboxylic acids is 2. The minimum Gasteiger partial charge on any atom is -0.478 e. The highest BCUT2D eigenvalue weighted by Crippen LogP contribution is 2.36. The van der Waals surface area contributed by atoms with Crippen LogP contribution < -0.4 is 9.88 Å². The molecule has 0 unspecified atom stereocenters. The lowest BCUT2D eigenvalue weighted by molar-refractivity contribution is -0.689. The maximum atomic E-state index is 12.5. The van der Waals surface area contributed by atoms with Gasteiger partial charge in [0.05, 0.1) is 12.0 Å². The molecule has 0 bridgehead atoms. The first kappa shape index (κ1) is 19.2. The summed E-state index contributed by atoms with van der Waals surface area (Å²) in [5.41, 5.74) is 2.21. The van der Waals surface area contributed by atoms with Gasteiger partial charge in [-0.3, -0.25) is 9.59 Å². The molecule has 7 nitrogen and oxygen atoms in total. The van der Waals surface area contributed by atoms with Crippen molar-refractivity contribution in [2.75, 3.05) is 5.75 Å². The van der Waals surface area contributed by atoms with Crippen molar-refractivity contribution in [2.45, 2.75) is 24.4 Å². The number of amides is 2. The molecule has 2 aliphatic heterocycles. The Hall–Kier alpha value is -3.13. The maximum absolute atomic E-state index is 12.5. The van der Waals surface area contributed by atoms with Crippen LogP contribution in [0.3, 0.4) is 0 Å². The largest absolute Gasteiger partial charge is 0.478 e. The van der Waals surface area contributed by atoms with Crippen molar-refractivity contribution in [1.82, 2.24) is 10.2 Å². The third-order valence-electron chi connectivity index (χ3n) is 4.89. The number of nitrogens with zero attached hydrogens (tertiary/aromatic N) is 2. The Morgan fingerprint density at radius 2 is 1.90 bits per heavy atom. The number of aromatic carboxylic acids is 1. The number of fused-ring (bicyclic) bond motifs is 1. The highest BCUT2D eigenvalue weighted by molar-refractivity contribution is 8.00. The van der Waals surface area contributed by atoms with Gasteiger partial charge in [-0.1, -0.05) is 30.3 Å². The van der Waals surface area contributed by atoms with Gasteiger partial charge in [0.2, 0.25) is 5.91 Å². The Balaban J connectivity index is 1.34. The fraction of sp³-hybridized carbons (Fsp3) is 0.238. The van der Waals surface area contributed by atoms with Crippen LogP contribution in [0.25, 0.3) is 0 Å². The Labute approximate surface area is 172 Å². The zero-order chi connectivity index (χ0) is 20.4. The average Bonchev–Trinajstić information content (AvgIpc) is 2.73. The molecule has 4 rings (SSSR count). The number of pyridine rings is 1. The van der Waals surface area contributed by atoms with E-state index in [4.69, 9.17) is 5.11 Å². The number of nitrogens with one attached hydrogen (secondary N) is 1. The van der Waals surface area contributed by atoms with Gasteiger partial charge in [-0.05, 0) is 5.56 Å². The molecular formula is C21H20N3O4S+. The Morgan fingerprint density at radius 1 is 1.17 bits per heavy atom. The summed E-state index contributed by atoms with van der Waals surface area (Å²) >= 11 is 1.62. The predicted octanol–water partition coefficient (Wildman–Crippen LogP) is 1.20. The van der Waals surface area contributed by atoms with E-state index < -0.39 is 12.0 Å². The van der Waals surface area contributed by atoms with Crippen molar-refractivity contribution in [3.8, 4) is 0 Å². The van der Waals surface area contributed by atoms with Crippen molar-refractivity contribution in [2.24, 2.45) is 0 Å². The normalized spacial score (nSPS) is 20.3. The molecule has 1 aromatic heterocycles. The standard InChI is InChI=1S/C21H19N3O4S/c25-17(10-14-4-2-1-3-5-14)22-18-19(26)24-12-15(13-29-20(18)24)11-23-8-6-16(7-9-23)21(27)28/h1-9,12,18,20H,10-11,13H2,(H-,22,25,27,28)/p+1/t18-,20+/m1/s1. The number of thioether (sulfide) groups is 1. The summed E-state index contributed by atoms with van der Waals surface area (Å²) in [5, 5.41) is 11.7. The number of benzene rings is 1.